The fourth-order valence-electron chi connectivity index (χ4n) is 0.853. The average Bonchev–Trinajstić information content (AvgIpc) is 2.09. The molecule has 0 spiro atoms. The van der Waals surface area contributed by atoms with Gasteiger partial charge in [-0.05, 0) is 12.1 Å². The Labute approximate surface area is 99.7 Å². The van der Waals surface area contributed by atoms with Crippen molar-refractivity contribution in [3.8, 4) is 0 Å². The van der Waals surface area contributed by atoms with Crippen LogP contribution in [0.15, 0.2) is 12.1 Å². The number of rotatable bonds is 2. The lowest BCUT2D eigenvalue weighted by molar-refractivity contribution is 0.101. The number of ketones is 1. The topological polar surface area (TPSA) is 17.1 Å². The van der Waals surface area contributed by atoms with Crippen molar-refractivity contribution >= 4 is 52.2 Å². The van der Waals surface area contributed by atoms with Crippen molar-refractivity contribution in [2.75, 3.05) is 0 Å². The van der Waals surface area contributed by atoms with E-state index >= 15 is 0 Å². The molecule has 6 heteroatoms. The summed E-state index contributed by atoms with van der Waals surface area (Å²) in [7, 11) is 0. The summed E-state index contributed by atoms with van der Waals surface area (Å²) in [5.74, 6) is -1.46. The number of hydrogen-bond acceptors (Lipinski definition) is 1. The molecule has 1 nitrogen and oxygen atoms in total. The molecule has 0 aliphatic carbocycles. The van der Waals surface area contributed by atoms with E-state index < -0.39 is 16.4 Å². The molecular formula is C8H3Cl4FO. The molecule has 0 amide bonds. The van der Waals surface area contributed by atoms with Crippen LogP contribution in [0.5, 0.6) is 0 Å². The van der Waals surface area contributed by atoms with Crippen molar-refractivity contribution in [1.82, 2.24) is 0 Å². The molecule has 0 bridgehead atoms. The van der Waals surface area contributed by atoms with Crippen LogP contribution in [0.25, 0.3) is 0 Å². The average molecular weight is 276 g/mol. The highest BCUT2D eigenvalue weighted by atomic mass is 35.5. The van der Waals surface area contributed by atoms with Gasteiger partial charge < -0.3 is 0 Å². The van der Waals surface area contributed by atoms with Crippen LogP contribution in [0.1, 0.15) is 10.4 Å². The Morgan fingerprint density at radius 2 is 1.86 bits per heavy atom. The third-order valence-electron chi connectivity index (χ3n) is 1.46. The first-order chi connectivity index (χ1) is 6.43. The highest BCUT2D eigenvalue weighted by molar-refractivity contribution is 6.56. The van der Waals surface area contributed by atoms with Crippen molar-refractivity contribution in [1.29, 1.82) is 0 Å². The minimum atomic E-state index is -1.29. The summed E-state index contributed by atoms with van der Waals surface area (Å²) in [5, 5.41) is -0.269. The molecule has 76 valence electrons. The second kappa shape index (κ2) is 4.67. The standard InChI is InChI=1S/C8H3Cl4FO/c9-3-1-4(7(14)8(11)12)6(10)5(13)2-3/h1-2,8H. The molecule has 0 N–H and O–H groups in total. The minimum absolute atomic E-state index is 0.0595. The van der Waals surface area contributed by atoms with Crippen LogP contribution in [-0.4, -0.2) is 10.6 Å². The highest BCUT2D eigenvalue weighted by Gasteiger charge is 2.20. The van der Waals surface area contributed by atoms with Gasteiger partial charge in [-0.25, -0.2) is 4.39 Å². The number of benzene rings is 1. The van der Waals surface area contributed by atoms with Crippen LogP contribution >= 0.6 is 46.4 Å². The Morgan fingerprint density at radius 3 is 2.36 bits per heavy atom. The lowest BCUT2D eigenvalue weighted by Gasteiger charge is -2.05. The minimum Gasteiger partial charge on any atom is -0.291 e. The van der Waals surface area contributed by atoms with Crippen molar-refractivity contribution in [3.05, 3.63) is 33.6 Å². The molecule has 0 saturated carbocycles. The summed E-state index contributed by atoms with van der Waals surface area (Å²) in [6.45, 7) is 0. The summed E-state index contributed by atoms with van der Waals surface area (Å²) in [6, 6.07) is 2.21. The van der Waals surface area contributed by atoms with Crippen molar-refractivity contribution in [2.45, 2.75) is 4.84 Å². The number of hydrogen-bond donors (Lipinski definition) is 0. The number of halogens is 5. The Hall–Kier alpha value is -0.0200. The molecule has 0 aliphatic rings. The molecule has 0 unspecified atom stereocenters. The molecule has 0 aromatic heterocycles. The van der Waals surface area contributed by atoms with E-state index in [0.29, 0.717) is 0 Å². The maximum atomic E-state index is 13.0. The summed E-state index contributed by atoms with van der Waals surface area (Å²) < 4.78 is 13.0. The molecule has 1 aromatic carbocycles. The van der Waals surface area contributed by atoms with Gasteiger partial charge in [-0.15, -0.1) is 0 Å². The van der Waals surface area contributed by atoms with Crippen LogP contribution in [0, 0.1) is 5.82 Å². The summed E-state index contributed by atoms with van der Waals surface area (Å²) in [6.07, 6.45) is 0. The van der Waals surface area contributed by atoms with Gasteiger partial charge in [0.25, 0.3) is 0 Å². The molecule has 0 heterocycles. The Balaban J connectivity index is 3.27. The normalized spacial score (nSPS) is 10.7. The summed E-state index contributed by atoms with van der Waals surface area (Å²) in [4.78, 5) is 10.0. The van der Waals surface area contributed by atoms with Gasteiger partial charge in [0.05, 0.1) is 5.02 Å². The zero-order chi connectivity index (χ0) is 10.9. The van der Waals surface area contributed by atoms with E-state index in [-0.39, 0.29) is 15.6 Å². The zero-order valence-corrected chi connectivity index (χ0v) is 9.55. The molecule has 0 fully saturated rings. The third-order valence-corrected chi connectivity index (χ3v) is 2.46. The maximum absolute atomic E-state index is 13.0. The molecule has 0 aliphatic heterocycles. The molecule has 14 heavy (non-hydrogen) atoms. The Bertz CT molecular complexity index is 378. The van der Waals surface area contributed by atoms with Gasteiger partial charge in [0.2, 0.25) is 0 Å². The number of alkyl halides is 2. The number of Topliss-reactive ketones (excluding diaryl/α,β-unsaturated/α-hetero) is 1. The van der Waals surface area contributed by atoms with Crippen LogP contribution in [0.3, 0.4) is 0 Å². The number of carbonyl (C=O) groups excluding carboxylic acids is 1. The largest absolute Gasteiger partial charge is 0.291 e. The van der Waals surface area contributed by atoms with Crippen molar-refractivity contribution in [3.63, 3.8) is 0 Å². The van der Waals surface area contributed by atoms with Crippen molar-refractivity contribution < 1.29 is 9.18 Å². The predicted octanol–water partition coefficient (Wildman–Crippen LogP) is 4.12. The lowest BCUT2D eigenvalue weighted by atomic mass is 10.1. The Morgan fingerprint density at radius 1 is 1.29 bits per heavy atom. The van der Waals surface area contributed by atoms with Crippen LogP contribution in [0.4, 0.5) is 4.39 Å². The van der Waals surface area contributed by atoms with Gasteiger partial charge in [0.1, 0.15) is 5.82 Å². The maximum Gasteiger partial charge on any atom is 0.197 e. The van der Waals surface area contributed by atoms with Gasteiger partial charge in [-0.3, -0.25) is 4.79 Å². The first-order valence-electron chi connectivity index (χ1n) is 3.40. The van der Waals surface area contributed by atoms with Gasteiger partial charge >= 0.3 is 0 Å². The third kappa shape index (κ3) is 2.51. The fraction of sp³-hybridized carbons (Fsp3) is 0.125. The molecule has 1 rings (SSSR count). The van der Waals surface area contributed by atoms with Crippen LogP contribution < -0.4 is 0 Å². The highest BCUT2D eigenvalue weighted by Crippen LogP contribution is 2.27. The molecule has 0 saturated heterocycles. The van der Waals surface area contributed by atoms with E-state index in [1.165, 1.54) is 6.07 Å². The van der Waals surface area contributed by atoms with E-state index in [9.17, 15) is 9.18 Å². The summed E-state index contributed by atoms with van der Waals surface area (Å²) in [5.41, 5.74) is -0.119. The van der Waals surface area contributed by atoms with Gasteiger partial charge in [-0.2, -0.15) is 0 Å². The molecule has 0 atom stereocenters. The fourth-order valence-corrected chi connectivity index (χ4v) is 1.50. The van der Waals surface area contributed by atoms with E-state index in [1.54, 1.807) is 0 Å². The van der Waals surface area contributed by atoms with E-state index in [2.05, 4.69) is 0 Å². The lowest BCUT2D eigenvalue weighted by Crippen LogP contribution is -2.09. The molecule has 1 aromatic rings. The first-order valence-corrected chi connectivity index (χ1v) is 5.03. The summed E-state index contributed by atoms with van der Waals surface area (Å²) >= 11 is 21.7. The first kappa shape index (κ1) is 12.1. The smallest absolute Gasteiger partial charge is 0.197 e. The van der Waals surface area contributed by atoms with Gasteiger partial charge in [0, 0.05) is 10.6 Å². The van der Waals surface area contributed by atoms with E-state index in [0.717, 1.165) is 6.07 Å². The van der Waals surface area contributed by atoms with E-state index in [4.69, 9.17) is 46.4 Å². The van der Waals surface area contributed by atoms with Crippen LogP contribution in [0.2, 0.25) is 10.0 Å². The quantitative estimate of drug-likeness (QED) is 0.451. The SMILES string of the molecule is O=C(c1cc(Cl)cc(F)c1Cl)C(Cl)Cl. The van der Waals surface area contributed by atoms with Gasteiger partial charge in [-0.1, -0.05) is 46.4 Å². The molecular weight excluding hydrogens is 273 g/mol. The monoisotopic (exact) mass is 274 g/mol. The van der Waals surface area contributed by atoms with Gasteiger partial charge in [0.15, 0.2) is 10.6 Å². The second-order valence-electron chi connectivity index (χ2n) is 2.41. The van der Waals surface area contributed by atoms with E-state index in [1.807, 2.05) is 0 Å². The Kier molecular flexibility index (Phi) is 4.02. The van der Waals surface area contributed by atoms with Crippen molar-refractivity contribution in [2.24, 2.45) is 0 Å². The molecule has 0 radical (unpaired) electrons. The second-order valence-corrected chi connectivity index (χ2v) is 4.32. The number of carbonyl (C=O) groups is 1. The zero-order valence-electron chi connectivity index (χ0n) is 6.53. The predicted molar refractivity (Wildman–Crippen MR) is 56.2 cm³/mol. The van der Waals surface area contributed by atoms with Crippen LogP contribution in [-0.2, 0) is 0 Å².